The average molecular weight is 315 g/mol. The van der Waals surface area contributed by atoms with Crippen molar-refractivity contribution in [2.24, 2.45) is 0 Å². The van der Waals surface area contributed by atoms with Gasteiger partial charge in [0.15, 0.2) is 12.2 Å². The van der Waals surface area contributed by atoms with Crippen LogP contribution in [0.15, 0.2) is 53.5 Å². The molecule has 2 heterocycles. The van der Waals surface area contributed by atoms with Crippen molar-refractivity contribution in [1.29, 1.82) is 0 Å². The first-order valence-corrected chi connectivity index (χ1v) is 7.18. The Morgan fingerprint density at radius 2 is 1.95 bits per heavy atom. The topological polar surface area (TPSA) is 77.0 Å². The highest BCUT2D eigenvalue weighted by molar-refractivity contribution is 6.29. The number of benzene rings is 1. The number of aromatic nitrogens is 2. The fourth-order valence-electron chi connectivity index (χ4n) is 2.11. The molecule has 3 rings (SSSR count). The van der Waals surface area contributed by atoms with E-state index in [2.05, 4.69) is 15.3 Å². The van der Waals surface area contributed by atoms with Crippen LogP contribution in [-0.2, 0) is 13.1 Å². The van der Waals surface area contributed by atoms with Gasteiger partial charge < -0.3 is 15.5 Å². The van der Waals surface area contributed by atoms with Gasteiger partial charge in [-0.05, 0) is 11.6 Å². The molecule has 0 fully saturated rings. The normalized spacial score (nSPS) is 10.8. The molecule has 0 aliphatic rings. The van der Waals surface area contributed by atoms with E-state index < -0.39 is 0 Å². The largest absolute Gasteiger partial charge is 0.444 e. The van der Waals surface area contributed by atoms with Crippen LogP contribution in [0.2, 0.25) is 5.15 Å². The second-order valence-corrected chi connectivity index (χ2v) is 5.26. The molecule has 6 heteroatoms. The molecule has 112 valence electrons. The number of nitrogens with two attached hydrogens (primary N) is 1. The van der Waals surface area contributed by atoms with E-state index in [4.69, 9.17) is 21.8 Å². The van der Waals surface area contributed by atoms with Crippen molar-refractivity contribution in [3.63, 3.8) is 0 Å². The fraction of sp³-hybridized carbons (Fsp3) is 0.125. The summed E-state index contributed by atoms with van der Waals surface area (Å²) in [6.07, 6.45) is 4.82. The maximum absolute atomic E-state index is 5.89. The van der Waals surface area contributed by atoms with E-state index in [1.165, 1.54) is 12.0 Å². The number of anilines is 1. The van der Waals surface area contributed by atoms with Gasteiger partial charge >= 0.3 is 0 Å². The molecule has 22 heavy (non-hydrogen) atoms. The minimum Gasteiger partial charge on any atom is -0.444 e. The summed E-state index contributed by atoms with van der Waals surface area (Å²) in [7, 11) is 0. The van der Waals surface area contributed by atoms with Crippen LogP contribution in [0.4, 0.5) is 5.69 Å². The summed E-state index contributed by atoms with van der Waals surface area (Å²) in [6.45, 7) is 1.37. The van der Waals surface area contributed by atoms with E-state index in [0.29, 0.717) is 17.4 Å². The number of pyridine rings is 1. The average Bonchev–Trinajstić information content (AvgIpc) is 3.04. The highest BCUT2D eigenvalue weighted by Crippen LogP contribution is 2.19. The molecule has 0 spiro atoms. The summed E-state index contributed by atoms with van der Waals surface area (Å²) < 4.78 is 5.26. The van der Waals surface area contributed by atoms with E-state index in [1.54, 1.807) is 18.5 Å². The third kappa shape index (κ3) is 3.44. The molecule has 3 N–H and O–H groups in total. The van der Waals surface area contributed by atoms with Gasteiger partial charge in [0.1, 0.15) is 5.15 Å². The maximum atomic E-state index is 5.89. The number of nitrogens with zero attached hydrogens (tertiary/aromatic N) is 2. The Kier molecular flexibility index (Phi) is 4.37. The Morgan fingerprint density at radius 1 is 1.14 bits per heavy atom. The number of nitrogens with one attached hydrogen (secondary N) is 1. The minimum atomic E-state index is 0.407. The second kappa shape index (κ2) is 6.60. The predicted molar refractivity (Wildman–Crippen MR) is 86.1 cm³/mol. The summed E-state index contributed by atoms with van der Waals surface area (Å²) in [5.74, 6) is 0.763. The Balaban J connectivity index is 1.57. The molecule has 2 aromatic heterocycles. The summed E-state index contributed by atoms with van der Waals surface area (Å²) >= 11 is 5.78. The zero-order valence-corrected chi connectivity index (χ0v) is 12.5. The number of hydrogen-bond donors (Lipinski definition) is 2. The van der Waals surface area contributed by atoms with Gasteiger partial charge in [0.25, 0.3) is 0 Å². The molecule has 0 radical (unpaired) electrons. The Morgan fingerprint density at radius 3 is 2.64 bits per heavy atom. The zero-order valence-electron chi connectivity index (χ0n) is 11.8. The number of oxazole rings is 1. The monoisotopic (exact) mass is 314 g/mol. The molecular weight excluding hydrogens is 300 g/mol. The fourth-order valence-corrected chi connectivity index (χ4v) is 2.27. The quantitative estimate of drug-likeness (QED) is 0.707. The molecule has 0 saturated heterocycles. The van der Waals surface area contributed by atoms with E-state index in [0.717, 1.165) is 23.4 Å². The standard InChI is InChI=1S/C16H15ClN4O/c17-16-5-14(18)13(8-21-16)7-19-6-11-1-3-12(4-2-11)15-9-20-10-22-15/h1-5,8-10,19H,6-7H2,(H2,18,21). The Hall–Kier alpha value is -2.37. The van der Waals surface area contributed by atoms with Crippen LogP contribution in [0, 0.1) is 0 Å². The van der Waals surface area contributed by atoms with Crippen LogP contribution in [0.5, 0.6) is 0 Å². The molecule has 5 nitrogen and oxygen atoms in total. The van der Waals surface area contributed by atoms with Crippen LogP contribution < -0.4 is 11.1 Å². The van der Waals surface area contributed by atoms with Crippen molar-refractivity contribution < 1.29 is 4.42 Å². The molecule has 0 saturated carbocycles. The molecule has 3 aromatic rings. The van der Waals surface area contributed by atoms with Crippen LogP contribution >= 0.6 is 11.6 Å². The highest BCUT2D eigenvalue weighted by atomic mass is 35.5. The Bertz CT molecular complexity index is 741. The highest BCUT2D eigenvalue weighted by Gasteiger charge is 2.03. The maximum Gasteiger partial charge on any atom is 0.181 e. The second-order valence-electron chi connectivity index (χ2n) is 4.87. The summed E-state index contributed by atoms with van der Waals surface area (Å²) in [6, 6.07) is 9.78. The first kappa shape index (κ1) is 14.6. The summed E-state index contributed by atoms with van der Waals surface area (Å²) in [5, 5.41) is 3.74. The van der Waals surface area contributed by atoms with Crippen LogP contribution in [0.3, 0.4) is 0 Å². The lowest BCUT2D eigenvalue weighted by Gasteiger charge is -2.08. The molecular formula is C16H15ClN4O. The van der Waals surface area contributed by atoms with Crippen molar-refractivity contribution in [3.8, 4) is 11.3 Å². The van der Waals surface area contributed by atoms with Gasteiger partial charge in [-0.15, -0.1) is 0 Å². The Labute approximate surface area is 133 Å². The lowest BCUT2D eigenvalue weighted by Crippen LogP contribution is -2.14. The van der Waals surface area contributed by atoms with Crippen molar-refractivity contribution in [2.75, 3.05) is 5.73 Å². The molecule has 1 aromatic carbocycles. The van der Waals surface area contributed by atoms with Crippen molar-refractivity contribution in [3.05, 3.63) is 65.4 Å². The van der Waals surface area contributed by atoms with Gasteiger partial charge in [-0.2, -0.15) is 0 Å². The first-order chi connectivity index (χ1) is 10.7. The van der Waals surface area contributed by atoms with Crippen molar-refractivity contribution in [1.82, 2.24) is 15.3 Å². The number of halogens is 1. The third-order valence-electron chi connectivity index (χ3n) is 3.30. The van der Waals surface area contributed by atoms with Gasteiger partial charge in [0.05, 0.1) is 6.20 Å². The minimum absolute atomic E-state index is 0.407. The first-order valence-electron chi connectivity index (χ1n) is 6.81. The summed E-state index contributed by atoms with van der Waals surface area (Å²) in [4.78, 5) is 7.95. The van der Waals surface area contributed by atoms with Crippen molar-refractivity contribution >= 4 is 17.3 Å². The predicted octanol–water partition coefficient (Wildman–Crippen LogP) is 3.26. The number of nitrogen functional groups attached to an aromatic ring is 1. The van der Waals surface area contributed by atoms with Gasteiger partial charge in [0, 0.05) is 36.1 Å². The lowest BCUT2D eigenvalue weighted by atomic mass is 10.1. The van der Waals surface area contributed by atoms with Crippen LogP contribution in [-0.4, -0.2) is 9.97 Å². The van der Waals surface area contributed by atoms with Gasteiger partial charge in [-0.3, -0.25) is 0 Å². The van der Waals surface area contributed by atoms with Crippen molar-refractivity contribution in [2.45, 2.75) is 13.1 Å². The van der Waals surface area contributed by atoms with E-state index in [1.807, 2.05) is 24.3 Å². The summed E-state index contributed by atoms with van der Waals surface area (Å²) in [5.41, 5.74) is 9.65. The molecule has 0 atom stereocenters. The van der Waals surface area contributed by atoms with E-state index in [-0.39, 0.29) is 0 Å². The van der Waals surface area contributed by atoms with Crippen LogP contribution in [0.1, 0.15) is 11.1 Å². The number of hydrogen-bond acceptors (Lipinski definition) is 5. The smallest absolute Gasteiger partial charge is 0.181 e. The number of rotatable bonds is 5. The van der Waals surface area contributed by atoms with Crippen LogP contribution in [0.25, 0.3) is 11.3 Å². The lowest BCUT2D eigenvalue weighted by molar-refractivity contribution is 0.572. The van der Waals surface area contributed by atoms with Gasteiger partial charge in [-0.25, -0.2) is 9.97 Å². The zero-order chi connectivity index (χ0) is 15.4. The van der Waals surface area contributed by atoms with E-state index >= 15 is 0 Å². The van der Waals surface area contributed by atoms with Gasteiger partial charge in [0.2, 0.25) is 0 Å². The SMILES string of the molecule is Nc1cc(Cl)ncc1CNCc1ccc(-c2cnco2)cc1. The van der Waals surface area contributed by atoms with Gasteiger partial charge in [-0.1, -0.05) is 35.9 Å². The molecule has 0 aliphatic heterocycles. The molecule has 0 aliphatic carbocycles. The van der Waals surface area contributed by atoms with E-state index in [9.17, 15) is 0 Å². The molecule has 0 bridgehead atoms. The molecule has 0 amide bonds. The third-order valence-corrected chi connectivity index (χ3v) is 3.51. The molecule has 0 unspecified atom stereocenters.